The van der Waals surface area contributed by atoms with E-state index in [1.807, 2.05) is 6.08 Å². The fourth-order valence-corrected chi connectivity index (χ4v) is 10.0. The molecule has 6 atom stereocenters. The van der Waals surface area contributed by atoms with Gasteiger partial charge in [0, 0.05) is 52.2 Å². The van der Waals surface area contributed by atoms with Gasteiger partial charge >= 0.3 is 0 Å². The number of hydrogen-bond acceptors (Lipinski definition) is 4. The predicted molar refractivity (Wildman–Crippen MR) is 187 cm³/mol. The molecular formula is C43H43N3O. The number of aromatic nitrogens is 2. The number of nitrogens with zero attached hydrogens (tertiary/aromatic N) is 3. The first-order valence-electron chi connectivity index (χ1n) is 18.1. The zero-order valence-corrected chi connectivity index (χ0v) is 27.4. The van der Waals surface area contributed by atoms with Crippen LogP contribution in [0.5, 0.6) is 0 Å². The summed E-state index contributed by atoms with van der Waals surface area (Å²) < 4.78 is 6.87. The van der Waals surface area contributed by atoms with Crippen molar-refractivity contribution >= 4 is 5.57 Å². The molecule has 2 aromatic rings. The van der Waals surface area contributed by atoms with Crippen LogP contribution in [0.15, 0.2) is 95.9 Å². The molecule has 7 aliphatic rings. The molecule has 0 radical (unpaired) electrons. The molecule has 0 bridgehead atoms. The van der Waals surface area contributed by atoms with Gasteiger partial charge in [0.05, 0.1) is 17.5 Å². The first-order valence-corrected chi connectivity index (χ1v) is 18.1. The minimum Gasteiger partial charge on any atom is -0.494 e. The average molecular weight is 618 g/mol. The van der Waals surface area contributed by atoms with E-state index >= 15 is 0 Å². The van der Waals surface area contributed by atoms with Crippen LogP contribution >= 0.6 is 0 Å². The van der Waals surface area contributed by atoms with Crippen LogP contribution in [0, 0.1) is 30.1 Å². The third kappa shape index (κ3) is 4.46. The van der Waals surface area contributed by atoms with E-state index in [2.05, 4.69) is 85.9 Å². The minimum absolute atomic E-state index is 0.141. The summed E-state index contributed by atoms with van der Waals surface area (Å²) in [6.45, 7) is 2.26. The number of allylic oxidation sites excluding steroid dienone is 13. The Morgan fingerprint density at radius 2 is 1.85 bits per heavy atom. The molecule has 0 saturated heterocycles. The molecule has 0 fully saturated rings. The molecule has 0 N–H and O–H groups in total. The zero-order valence-electron chi connectivity index (χ0n) is 27.4. The SMILES string of the molecule is Cc1c(-c2ccc3c(c2)C2(C4=C(CCC=C4)OC4CCC=CC42)C2C=C(C#N)C=CC32)nc(C2=CCCCC2)nc1C1CC=CCC1. The fraction of sp³-hybridized carbons (Fsp3) is 0.419. The minimum atomic E-state index is -0.304. The maximum atomic E-state index is 10.1. The predicted octanol–water partition coefficient (Wildman–Crippen LogP) is 10.2. The summed E-state index contributed by atoms with van der Waals surface area (Å²) in [5.41, 5.74) is 10.6. The Morgan fingerprint density at radius 3 is 2.70 bits per heavy atom. The van der Waals surface area contributed by atoms with Crippen molar-refractivity contribution in [1.29, 1.82) is 5.26 Å². The summed E-state index contributed by atoms with van der Waals surface area (Å²) in [6.07, 6.45) is 35.3. The molecule has 47 heavy (non-hydrogen) atoms. The van der Waals surface area contributed by atoms with E-state index in [1.165, 1.54) is 57.7 Å². The van der Waals surface area contributed by atoms with E-state index in [0.717, 1.165) is 74.9 Å². The van der Waals surface area contributed by atoms with Gasteiger partial charge in [0.1, 0.15) is 11.9 Å². The van der Waals surface area contributed by atoms with E-state index < -0.39 is 0 Å². The van der Waals surface area contributed by atoms with E-state index in [9.17, 15) is 5.26 Å². The summed E-state index contributed by atoms with van der Waals surface area (Å²) in [5.74, 6) is 3.09. The van der Waals surface area contributed by atoms with Crippen molar-refractivity contribution in [3.63, 3.8) is 0 Å². The van der Waals surface area contributed by atoms with Crippen molar-refractivity contribution in [2.24, 2.45) is 11.8 Å². The van der Waals surface area contributed by atoms with Crippen LogP contribution < -0.4 is 0 Å². The Labute approximate surface area is 279 Å². The van der Waals surface area contributed by atoms with E-state index in [4.69, 9.17) is 14.7 Å². The maximum absolute atomic E-state index is 10.1. The summed E-state index contributed by atoms with van der Waals surface area (Å²) in [5, 5.41) is 10.1. The Balaban J connectivity index is 1.29. The van der Waals surface area contributed by atoms with E-state index in [1.54, 1.807) is 0 Å². The summed E-state index contributed by atoms with van der Waals surface area (Å²) in [7, 11) is 0. The molecule has 4 nitrogen and oxygen atoms in total. The lowest BCUT2D eigenvalue weighted by atomic mass is 9.55. The molecule has 9 rings (SSSR count). The Kier molecular flexibility index (Phi) is 7.07. The fourth-order valence-electron chi connectivity index (χ4n) is 10.0. The van der Waals surface area contributed by atoms with Crippen LogP contribution in [0.4, 0.5) is 0 Å². The second-order valence-corrected chi connectivity index (χ2v) is 14.6. The van der Waals surface area contributed by atoms with Crippen LogP contribution in [0.25, 0.3) is 16.8 Å². The second kappa shape index (κ2) is 11.5. The highest BCUT2D eigenvalue weighted by Crippen LogP contribution is 2.65. The summed E-state index contributed by atoms with van der Waals surface area (Å²) in [6, 6.07) is 9.70. The van der Waals surface area contributed by atoms with Crippen molar-refractivity contribution in [1.82, 2.24) is 9.97 Å². The first kappa shape index (κ1) is 29.0. The van der Waals surface area contributed by atoms with Gasteiger partial charge in [-0.15, -0.1) is 0 Å². The van der Waals surface area contributed by atoms with Gasteiger partial charge in [0.15, 0.2) is 5.82 Å². The number of benzene rings is 1. The highest BCUT2D eigenvalue weighted by Gasteiger charge is 2.61. The molecule has 1 aromatic carbocycles. The number of fused-ring (bicyclic) bond motifs is 8. The van der Waals surface area contributed by atoms with Crippen molar-refractivity contribution in [2.45, 2.75) is 101 Å². The quantitative estimate of drug-likeness (QED) is 0.322. The normalized spacial score (nSPS) is 31.7. The molecule has 6 unspecified atom stereocenters. The zero-order chi connectivity index (χ0) is 31.5. The maximum Gasteiger partial charge on any atom is 0.155 e. The van der Waals surface area contributed by atoms with Crippen molar-refractivity contribution in [2.75, 3.05) is 0 Å². The molecular weight excluding hydrogens is 574 g/mol. The Hall–Kier alpha value is -4.23. The van der Waals surface area contributed by atoms with Gasteiger partial charge in [0.2, 0.25) is 0 Å². The standard InChI is InChI=1S/C43H43N3O/c1-27-40(29-12-4-2-5-13-29)45-42(30-14-6-3-7-15-30)46-41(27)31-21-23-33-32-22-20-28(26-44)24-36(32)43(37(33)25-31)34-16-8-10-18-38(34)47-39-19-11-9-17-35(39)43/h2,4,8-9,14,16-17,20-25,29,32,34,36,38H,3,5-7,10-13,15,18-19H2,1H3. The second-order valence-electron chi connectivity index (χ2n) is 14.6. The lowest BCUT2D eigenvalue weighted by Gasteiger charge is -2.52. The van der Waals surface area contributed by atoms with Crippen LogP contribution in [-0.4, -0.2) is 16.1 Å². The van der Waals surface area contributed by atoms with Crippen molar-refractivity contribution in [3.8, 4) is 17.3 Å². The molecule has 1 aromatic heterocycles. The van der Waals surface area contributed by atoms with Gasteiger partial charge in [-0.1, -0.05) is 66.8 Å². The lowest BCUT2D eigenvalue weighted by Crippen LogP contribution is -2.51. The van der Waals surface area contributed by atoms with Crippen LogP contribution in [-0.2, 0) is 10.2 Å². The smallest absolute Gasteiger partial charge is 0.155 e. The van der Waals surface area contributed by atoms with Crippen LogP contribution in [0.2, 0.25) is 0 Å². The largest absolute Gasteiger partial charge is 0.494 e. The summed E-state index contributed by atoms with van der Waals surface area (Å²) in [4.78, 5) is 10.8. The third-order valence-electron chi connectivity index (χ3n) is 12.2. The number of nitriles is 1. The molecule has 236 valence electrons. The molecule has 6 aliphatic carbocycles. The highest BCUT2D eigenvalue weighted by atomic mass is 16.5. The van der Waals surface area contributed by atoms with Crippen LogP contribution in [0.3, 0.4) is 0 Å². The number of rotatable bonds is 3. The number of hydrogen-bond donors (Lipinski definition) is 0. The van der Waals surface area contributed by atoms with Gasteiger partial charge < -0.3 is 4.74 Å². The van der Waals surface area contributed by atoms with E-state index in [-0.39, 0.29) is 29.3 Å². The average Bonchev–Trinajstić information content (AvgIpc) is 3.41. The van der Waals surface area contributed by atoms with Gasteiger partial charge in [-0.2, -0.15) is 5.26 Å². The third-order valence-corrected chi connectivity index (χ3v) is 12.2. The molecule has 0 amide bonds. The van der Waals surface area contributed by atoms with Gasteiger partial charge in [0.25, 0.3) is 0 Å². The topological polar surface area (TPSA) is 58.8 Å². The van der Waals surface area contributed by atoms with E-state index in [0.29, 0.717) is 5.92 Å². The molecule has 1 spiro atoms. The molecule has 1 aliphatic heterocycles. The number of ether oxygens (including phenoxy) is 1. The highest BCUT2D eigenvalue weighted by molar-refractivity contribution is 5.73. The van der Waals surface area contributed by atoms with Crippen molar-refractivity contribution in [3.05, 3.63) is 124 Å². The summed E-state index contributed by atoms with van der Waals surface area (Å²) >= 11 is 0. The molecule has 4 heteroatoms. The first-order chi connectivity index (χ1) is 23.2. The molecule has 0 saturated carbocycles. The van der Waals surface area contributed by atoms with Gasteiger partial charge in [-0.05, 0) is 106 Å². The lowest BCUT2D eigenvalue weighted by molar-refractivity contribution is 0.00464. The van der Waals surface area contributed by atoms with Gasteiger partial charge in [-0.3, -0.25) is 0 Å². The van der Waals surface area contributed by atoms with Crippen molar-refractivity contribution < 1.29 is 4.74 Å². The Bertz CT molecular complexity index is 1910. The van der Waals surface area contributed by atoms with Gasteiger partial charge in [-0.25, -0.2) is 9.97 Å². The molecule has 2 heterocycles. The van der Waals surface area contributed by atoms with Crippen LogP contribution in [0.1, 0.15) is 111 Å². The Morgan fingerprint density at radius 1 is 0.915 bits per heavy atom. The monoisotopic (exact) mass is 617 g/mol.